The summed E-state index contributed by atoms with van der Waals surface area (Å²) in [6.07, 6.45) is 1.72. The zero-order valence-corrected chi connectivity index (χ0v) is 10.0. The highest BCUT2D eigenvalue weighted by Gasteiger charge is 2.09. The molecule has 1 rings (SSSR count). The van der Waals surface area contributed by atoms with Gasteiger partial charge in [0.1, 0.15) is 5.01 Å². The highest BCUT2D eigenvalue weighted by atomic mass is 35.5. The molecule has 0 radical (unpaired) electrons. The first-order valence-corrected chi connectivity index (χ1v) is 6.98. The first-order valence-electron chi connectivity index (χ1n) is 3.98. The van der Waals surface area contributed by atoms with E-state index in [1.54, 1.807) is 6.20 Å². The van der Waals surface area contributed by atoms with E-state index >= 15 is 0 Å². The maximum absolute atomic E-state index is 11.2. The molecule has 0 spiro atoms. The van der Waals surface area contributed by atoms with Gasteiger partial charge in [0.2, 0.25) is 10.0 Å². The molecule has 0 saturated carbocycles. The minimum absolute atomic E-state index is 0.0566. The molecule has 0 fully saturated rings. The summed E-state index contributed by atoms with van der Waals surface area (Å²) in [4.78, 5) is 5.10. The maximum atomic E-state index is 11.2. The van der Waals surface area contributed by atoms with Gasteiger partial charge in [-0.1, -0.05) is 0 Å². The molecular weight excluding hydrogens is 244 g/mol. The molecule has 0 atom stereocenters. The highest BCUT2D eigenvalue weighted by molar-refractivity contribution is 7.89. The van der Waals surface area contributed by atoms with Gasteiger partial charge in [-0.3, -0.25) is 0 Å². The zero-order valence-electron chi connectivity index (χ0n) is 7.66. The summed E-state index contributed by atoms with van der Waals surface area (Å²) in [5.74, 6) is 0.0468. The molecule has 7 heteroatoms. The quantitative estimate of drug-likeness (QED) is 0.801. The van der Waals surface area contributed by atoms with Crippen LogP contribution in [-0.2, 0) is 16.6 Å². The molecule has 14 heavy (non-hydrogen) atoms. The number of nitrogens with zero attached hydrogens (tertiary/aromatic N) is 1. The van der Waals surface area contributed by atoms with Crippen molar-refractivity contribution in [2.24, 2.45) is 0 Å². The van der Waals surface area contributed by atoms with E-state index in [-0.39, 0.29) is 18.2 Å². The average Bonchev–Trinajstić information content (AvgIpc) is 2.48. The van der Waals surface area contributed by atoms with Crippen molar-refractivity contribution in [2.75, 3.05) is 11.6 Å². The molecule has 80 valence electrons. The third-order valence-electron chi connectivity index (χ3n) is 1.46. The van der Waals surface area contributed by atoms with Crippen LogP contribution in [0.2, 0.25) is 0 Å². The molecular formula is C7H11ClN2O2S2. The van der Waals surface area contributed by atoms with Gasteiger partial charge in [0.05, 0.1) is 12.3 Å². The number of hydrogen-bond acceptors (Lipinski definition) is 4. The van der Waals surface area contributed by atoms with E-state index in [9.17, 15) is 8.42 Å². The minimum atomic E-state index is -3.24. The first-order chi connectivity index (χ1) is 6.53. The van der Waals surface area contributed by atoms with Crippen molar-refractivity contribution < 1.29 is 8.42 Å². The SMILES string of the molecule is Cc1cnc(CNS(=O)(=O)CCCl)s1. The van der Waals surface area contributed by atoms with E-state index in [0.29, 0.717) is 0 Å². The van der Waals surface area contributed by atoms with Crippen LogP contribution in [0, 0.1) is 6.92 Å². The topological polar surface area (TPSA) is 59.1 Å². The van der Waals surface area contributed by atoms with E-state index in [0.717, 1.165) is 9.88 Å². The van der Waals surface area contributed by atoms with Crippen molar-refractivity contribution in [3.8, 4) is 0 Å². The van der Waals surface area contributed by atoms with Crippen LogP contribution >= 0.6 is 22.9 Å². The summed E-state index contributed by atoms with van der Waals surface area (Å²) in [5, 5.41) is 0.764. The number of halogens is 1. The number of rotatable bonds is 5. The van der Waals surface area contributed by atoms with Gasteiger partial charge in [0.15, 0.2) is 0 Å². The molecule has 1 aromatic rings. The second-order valence-electron chi connectivity index (χ2n) is 2.69. The molecule has 0 unspecified atom stereocenters. The summed E-state index contributed by atoms with van der Waals surface area (Å²) < 4.78 is 24.8. The van der Waals surface area contributed by atoms with E-state index in [2.05, 4.69) is 9.71 Å². The van der Waals surface area contributed by atoms with Gasteiger partial charge in [0, 0.05) is 17.0 Å². The normalized spacial score (nSPS) is 11.9. The van der Waals surface area contributed by atoms with Crippen LogP contribution in [-0.4, -0.2) is 25.0 Å². The average molecular weight is 255 g/mol. The fourth-order valence-corrected chi connectivity index (χ4v) is 2.96. The molecule has 0 aliphatic carbocycles. The highest BCUT2D eigenvalue weighted by Crippen LogP contribution is 2.10. The fourth-order valence-electron chi connectivity index (χ4n) is 0.829. The minimum Gasteiger partial charge on any atom is -0.248 e. The Labute approximate surface area is 92.4 Å². The third kappa shape index (κ3) is 3.91. The second-order valence-corrected chi connectivity index (χ2v) is 6.32. The van der Waals surface area contributed by atoms with E-state index in [1.807, 2.05) is 6.92 Å². The third-order valence-corrected chi connectivity index (χ3v) is 4.11. The van der Waals surface area contributed by atoms with Crippen LogP contribution in [0.25, 0.3) is 0 Å². The van der Waals surface area contributed by atoms with Gasteiger partial charge in [-0.25, -0.2) is 18.1 Å². The van der Waals surface area contributed by atoms with Gasteiger partial charge in [-0.2, -0.15) is 0 Å². The number of aromatic nitrogens is 1. The van der Waals surface area contributed by atoms with Gasteiger partial charge in [0.25, 0.3) is 0 Å². The summed E-state index contributed by atoms with van der Waals surface area (Å²) >= 11 is 6.82. The summed E-state index contributed by atoms with van der Waals surface area (Å²) in [5.41, 5.74) is 0. The maximum Gasteiger partial charge on any atom is 0.213 e. The Morgan fingerprint density at radius 1 is 1.64 bits per heavy atom. The van der Waals surface area contributed by atoms with Crippen LogP contribution in [0.5, 0.6) is 0 Å². The Morgan fingerprint density at radius 3 is 2.86 bits per heavy atom. The predicted octanol–water partition coefficient (Wildman–Crippen LogP) is 1.11. The molecule has 0 aliphatic heterocycles. The lowest BCUT2D eigenvalue weighted by molar-refractivity contribution is 0.582. The van der Waals surface area contributed by atoms with Crippen molar-refractivity contribution in [3.63, 3.8) is 0 Å². The van der Waals surface area contributed by atoms with Gasteiger partial charge in [-0.15, -0.1) is 22.9 Å². The Hall–Kier alpha value is -0.170. The first kappa shape index (κ1) is 11.9. The largest absolute Gasteiger partial charge is 0.248 e. The molecule has 0 aliphatic rings. The number of hydrogen-bond donors (Lipinski definition) is 1. The Kier molecular flexibility index (Phi) is 4.31. The molecule has 1 heterocycles. The van der Waals surface area contributed by atoms with E-state index in [1.165, 1.54) is 11.3 Å². The summed E-state index contributed by atoms with van der Waals surface area (Å²) in [7, 11) is -3.24. The molecule has 4 nitrogen and oxygen atoms in total. The zero-order chi connectivity index (χ0) is 10.6. The molecule has 0 amide bonds. The number of sulfonamides is 1. The Morgan fingerprint density at radius 2 is 2.36 bits per heavy atom. The second kappa shape index (κ2) is 5.06. The molecule has 1 N–H and O–H groups in total. The number of alkyl halides is 1. The number of thiazole rings is 1. The van der Waals surface area contributed by atoms with Crippen molar-refractivity contribution >= 4 is 33.0 Å². The van der Waals surface area contributed by atoms with Gasteiger partial charge >= 0.3 is 0 Å². The number of nitrogens with one attached hydrogen (secondary N) is 1. The van der Waals surface area contributed by atoms with Gasteiger partial charge in [-0.05, 0) is 6.92 Å². The van der Waals surface area contributed by atoms with Crippen LogP contribution in [0.4, 0.5) is 0 Å². The molecule has 0 bridgehead atoms. The van der Waals surface area contributed by atoms with Gasteiger partial charge < -0.3 is 0 Å². The Balaban J connectivity index is 2.48. The summed E-state index contributed by atoms with van der Waals surface area (Å²) in [6.45, 7) is 2.17. The van der Waals surface area contributed by atoms with Crippen molar-refractivity contribution in [2.45, 2.75) is 13.5 Å². The van der Waals surface area contributed by atoms with Crippen LogP contribution in [0.3, 0.4) is 0 Å². The van der Waals surface area contributed by atoms with E-state index < -0.39 is 10.0 Å². The Bertz CT molecular complexity index is 388. The monoisotopic (exact) mass is 254 g/mol. The summed E-state index contributed by atoms with van der Waals surface area (Å²) in [6, 6.07) is 0. The van der Waals surface area contributed by atoms with Crippen molar-refractivity contribution in [3.05, 3.63) is 16.1 Å². The lowest BCUT2D eigenvalue weighted by atomic mass is 10.6. The standard InChI is InChI=1S/C7H11ClN2O2S2/c1-6-4-9-7(13-6)5-10-14(11,12)3-2-8/h4,10H,2-3,5H2,1H3. The lowest BCUT2D eigenvalue weighted by Crippen LogP contribution is -2.26. The molecule has 0 saturated heterocycles. The number of aryl methyl sites for hydroxylation is 1. The molecule has 1 aromatic heterocycles. The fraction of sp³-hybridized carbons (Fsp3) is 0.571. The van der Waals surface area contributed by atoms with E-state index in [4.69, 9.17) is 11.6 Å². The van der Waals surface area contributed by atoms with Crippen molar-refractivity contribution in [1.82, 2.24) is 9.71 Å². The van der Waals surface area contributed by atoms with Crippen LogP contribution in [0.15, 0.2) is 6.20 Å². The smallest absolute Gasteiger partial charge is 0.213 e. The van der Waals surface area contributed by atoms with Crippen LogP contribution in [0.1, 0.15) is 9.88 Å². The van der Waals surface area contributed by atoms with Crippen molar-refractivity contribution in [1.29, 1.82) is 0 Å². The van der Waals surface area contributed by atoms with Crippen LogP contribution < -0.4 is 4.72 Å². The predicted molar refractivity (Wildman–Crippen MR) is 58.2 cm³/mol. The molecule has 0 aromatic carbocycles. The lowest BCUT2D eigenvalue weighted by Gasteiger charge is -2.01.